The maximum absolute atomic E-state index is 13.4. The standard InChI is InChI=1S/C30H42N6O2/c1-36(18-15-31,19-16-32)17-7-11-26(33)30(38)35-28(14-13-23-8-3-2-4-9-23)29(37)21-24-20-25-10-5-6-12-27(25)34-22-24/h2-6,8-10,12,20,22,26,28H,7,11,13-19,21,31-33H2,1H3/p+1/t26-,28+/m0/s1. The molecule has 1 aromatic heterocycles. The number of pyridine rings is 1. The summed E-state index contributed by atoms with van der Waals surface area (Å²) in [5.74, 6) is -0.339. The highest BCUT2D eigenvalue weighted by atomic mass is 16.2. The van der Waals surface area contributed by atoms with Crippen molar-refractivity contribution in [3.05, 3.63) is 78.0 Å². The van der Waals surface area contributed by atoms with Crippen molar-refractivity contribution in [1.82, 2.24) is 10.3 Å². The Morgan fingerprint density at radius 1 is 0.921 bits per heavy atom. The predicted molar refractivity (Wildman–Crippen MR) is 153 cm³/mol. The number of ketones is 1. The number of carbonyl (C=O) groups excluding carboxylic acids is 2. The summed E-state index contributed by atoms with van der Waals surface area (Å²) in [4.78, 5) is 30.9. The number of Topliss-reactive ketones (excluding diaryl/α,β-unsaturated/α-hetero) is 1. The summed E-state index contributed by atoms with van der Waals surface area (Å²) in [7, 11) is 2.13. The number of likely N-dealkylation sites (N-methyl/N-ethyl adjacent to an activating group) is 1. The predicted octanol–water partition coefficient (Wildman–Crippen LogP) is 1.94. The van der Waals surface area contributed by atoms with Crippen molar-refractivity contribution in [3.8, 4) is 0 Å². The van der Waals surface area contributed by atoms with Crippen molar-refractivity contribution >= 4 is 22.6 Å². The Hall–Kier alpha value is -3.17. The number of rotatable bonds is 16. The lowest BCUT2D eigenvalue weighted by Crippen LogP contribution is -2.52. The molecule has 0 unspecified atom stereocenters. The number of quaternary nitrogens is 1. The Labute approximate surface area is 226 Å². The number of nitrogens with two attached hydrogens (primary N) is 3. The van der Waals surface area contributed by atoms with E-state index in [9.17, 15) is 9.59 Å². The van der Waals surface area contributed by atoms with Crippen LogP contribution in [-0.2, 0) is 22.4 Å². The number of nitrogens with one attached hydrogen (secondary N) is 1. The number of hydrogen-bond acceptors (Lipinski definition) is 6. The Morgan fingerprint density at radius 2 is 1.61 bits per heavy atom. The molecule has 0 fully saturated rings. The Kier molecular flexibility index (Phi) is 11.4. The number of fused-ring (bicyclic) bond motifs is 1. The molecule has 3 rings (SSSR count). The molecule has 0 aliphatic heterocycles. The first kappa shape index (κ1) is 29.4. The molecule has 1 amide bonds. The van der Waals surface area contributed by atoms with Gasteiger partial charge in [0.2, 0.25) is 5.91 Å². The van der Waals surface area contributed by atoms with Crippen LogP contribution in [0.3, 0.4) is 0 Å². The summed E-state index contributed by atoms with van der Waals surface area (Å²) in [6.07, 6.45) is 4.42. The van der Waals surface area contributed by atoms with Gasteiger partial charge in [-0.05, 0) is 48.9 Å². The summed E-state index contributed by atoms with van der Waals surface area (Å²) in [5.41, 5.74) is 20.7. The number of para-hydroxylation sites is 1. The van der Waals surface area contributed by atoms with Gasteiger partial charge in [0.15, 0.2) is 5.78 Å². The van der Waals surface area contributed by atoms with E-state index in [-0.39, 0.29) is 18.1 Å². The zero-order valence-corrected chi connectivity index (χ0v) is 22.5. The first-order chi connectivity index (χ1) is 18.3. The molecule has 2 atom stereocenters. The highest BCUT2D eigenvalue weighted by Gasteiger charge is 2.25. The fourth-order valence-electron chi connectivity index (χ4n) is 4.87. The summed E-state index contributed by atoms with van der Waals surface area (Å²) in [5, 5.41) is 3.95. The molecule has 204 valence electrons. The molecule has 8 nitrogen and oxygen atoms in total. The van der Waals surface area contributed by atoms with Crippen LogP contribution in [0.15, 0.2) is 66.9 Å². The molecular weight excluding hydrogens is 476 g/mol. The number of benzene rings is 2. The average molecular weight is 520 g/mol. The minimum atomic E-state index is -0.687. The van der Waals surface area contributed by atoms with Gasteiger partial charge in [0.1, 0.15) is 0 Å². The number of hydrogen-bond donors (Lipinski definition) is 4. The van der Waals surface area contributed by atoms with Crippen molar-refractivity contribution in [2.45, 2.75) is 44.2 Å². The molecule has 0 aliphatic carbocycles. The van der Waals surface area contributed by atoms with Gasteiger partial charge in [-0.1, -0.05) is 48.5 Å². The van der Waals surface area contributed by atoms with Crippen molar-refractivity contribution < 1.29 is 14.1 Å². The van der Waals surface area contributed by atoms with E-state index in [4.69, 9.17) is 17.2 Å². The zero-order valence-electron chi connectivity index (χ0n) is 22.5. The SMILES string of the molecule is C[N+](CCN)(CCN)CCC[C@H](N)C(=O)N[C@H](CCc1ccccc1)C(=O)Cc1cnc2ccccc2c1. The second-order valence-electron chi connectivity index (χ2n) is 10.4. The molecule has 0 bridgehead atoms. The fraction of sp³-hybridized carbons (Fsp3) is 0.433. The first-order valence-electron chi connectivity index (χ1n) is 13.5. The monoisotopic (exact) mass is 519 g/mol. The number of aromatic nitrogens is 1. The highest BCUT2D eigenvalue weighted by Crippen LogP contribution is 2.15. The van der Waals surface area contributed by atoms with E-state index < -0.39 is 12.1 Å². The summed E-state index contributed by atoms with van der Waals surface area (Å²) in [6, 6.07) is 18.5. The molecule has 0 saturated carbocycles. The second kappa shape index (κ2) is 14.7. The molecule has 1 heterocycles. The van der Waals surface area contributed by atoms with Gasteiger partial charge in [0.05, 0.1) is 44.3 Å². The molecule has 8 heteroatoms. The number of aryl methyl sites for hydroxylation is 1. The van der Waals surface area contributed by atoms with Crippen molar-refractivity contribution in [2.24, 2.45) is 17.2 Å². The molecule has 0 aliphatic rings. The van der Waals surface area contributed by atoms with Gasteiger partial charge in [-0.25, -0.2) is 0 Å². The van der Waals surface area contributed by atoms with Crippen molar-refractivity contribution in [3.63, 3.8) is 0 Å². The minimum Gasteiger partial charge on any atom is -0.345 e. The van der Waals surface area contributed by atoms with E-state index in [0.717, 1.165) is 52.6 Å². The van der Waals surface area contributed by atoms with Crippen LogP contribution in [0.5, 0.6) is 0 Å². The second-order valence-corrected chi connectivity index (χ2v) is 10.4. The van der Waals surface area contributed by atoms with Crippen LogP contribution in [0.25, 0.3) is 10.9 Å². The molecular formula is C30H43N6O2+. The van der Waals surface area contributed by atoms with E-state index in [1.165, 1.54) is 0 Å². The van der Waals surface area contributed by atoms with Crippen LogP contribution in [0.4, 0.5) is 0 Å². The smallest absolute Gasteiger partial charge is 0.237 e. The van der Waals surface area contributed by atoms with Gasteiger partial charge in [-0.3, -0.25) is 14.6 Å². The fourth-order valence-corrected chi connectivity index (χ4v) is 4.87. The van der Waals surface area contributed by atoms with Gasteiger partial charge in [-0.15, -0.1) is 0 Å². The quantitative estimate of drug-likeness (QED) is 0.214. The molecule has 0 radical (unpaired) electrons. The van der Waals surface area contributed by atoms with Crippen LogP contribution in [0, 0.1) is 0 Å². The number of amides is 1. The zero-order chi connectivity index (χ0) is 27.4. The van der Waals surface area contributed by atoms with Crippen molar-refractivity contribution in [1.29, 1.82) is 0 Å². The largest absolute Gasteiger partial charge is 0.345 e. The molecule has 0 saturated heterocycles. The third-order valence-electron chi connectivity index (χ3n) is 7.18. The number of carbonyl (C=O) groups is 2. The molecule has 0 spiro atoms. The first-order valence-corrected chi connectivity index (χ1v) is 13.5. The topological polar surface area (TPSA) is 137 Å². The summed E-state index contributed by atoms with van der Waals surface area (Å²) >= 11 is 0. The van der Waals surface area contributed by atoms with Gasteiger partial charge in [0.25, 0.3) is 0 Å². The Balaban J connectivity index is 1.63. The van der Waals surface area contributed by atoms with E-state index in [1.54, 1.807) is 6.20 Å². The van der Waals surface area contributed by atoms with Crippen LogP contribution in [-0.4, -0.2) is 73.0 Å². The summed E-state index contributed by atoms with van der Waals surface area (Å²) in [6.45, 7) is 3.68. The lowest BCUT2D eigenvalue weighted by molar-refractivity contribution is -0.907. The summed E-state index contributed by atoms with van der Waals surface area (Å²) < 4.78 is 0.763. The van der Waals surface area contributed by atoms with Crippen LogP contribution >= 0.6 is 0 Å². The number of nitrogens with zero attached hydrogens (tertiary/aromatic N) is 2. The lowest BCUT2D eigenvalue weighted by atomic mass is 9.97. The molecule has 7 N–H and O–H groups in total. The third kappa shape index (κ3) is 8.99. The Morgan fingerprint density at radius 3 is 2.32 bits per heavy atom. The third-order valence-corrected chi connectivity index (χ3v) is 7.18. The molecule has 2 aromatic carbocycles. The van der Waals surface area contributed by atoms with E-state index in [2.05, 4.69) is 17.3 Å². The maximum Gasteiger partial charge on any atom is 0.237 e. The lowest BCUT2D eigenvalue weighted by Gasteiger charge is -2.34. The van der Waals surface area contributed by atoms with E-state index >= 15 is 0 Å². The van der Waals surface area contributed by atoms with Gasteiger partial charge >= 0.3 is 0 Å². The minimum absolute atomic E-state index is 0.0475. The van der Waals surface area contributed by atoms with Crippen LogP contribution in [0.1, 0.15) is 30.4 Å². The van der Waals surface area contributed by atoms with Crippen molar-refractivity contribution in [2.75, 3.05) is 39.8 Å². The normalized spacial score (nSPS) is 13.3. The van der Waals surface area contributed by atoms with E-state index in [1.807, 2.05) is 60.7 Å². The van der Waals surface area contributed by atoms with Gasteiger partial charge < -0.3 is 27.0 Å². The molecule has 38 heavy (non-hydrogen) atoms. The van der Waals surface area contributed by atoms with Crippen LogP contribution < -0.4 is 22.5 Å². The van der Waals surface area contributed by atoms with E-state index in [0.29, 0.717) is 32.4 Å². The maximum atomic E-state index is 13.4. The van der Waals surface area contributed by atoms with Crippen LogP contribution in [0.2, 0.25) is 0 Å². The Bertz CT molecular complexity index is 1160. The molecule has 3 aromatic rings. The highest BCUT2D eigenvalue weighted by molar-refractivity contribution is 5.92. The average Bonchev–Trinajstić information content (AvgIpc) is 2.91. The van der Waals surface area contributed by atoms with Gasteiger partial charge in [0, 0.05) is 31.1 Å². The van der Waals surface area contributed by atoms with Gasteiger partial charge in [-0.2, -0.15) is 0 Å².